The molecule has 0 radical (unpaired) electrons. The maximum absolute atomic E-state index is 12.3. The van der Waals surface area contributed by atoms with Crippen LogP contribution in [0.1, 0.15) is 36.8 Å². The standard InChI is InChI=1S/C25H29N3O2/c1-19-9-11-20(12-10-19)17-26-24(29)18-30-22-8-6-7-21-13-14-23(27-25(21)22)28-15-4-2-3-5-16-28/h6-14H,2-5,15-18H2,1H3,(H,26,29). The Kier molecular flexibility index (Phi) is 6.47. The molecule has 30 heavy (non-hydrogen) atoms. The fourth-order valence-electron chi connectivity index (χ4n) is 3.80. The summed E-state index contributed by atoms with van der Waals surface area (Å²) in [5.41, 5.74) is 3.09. The number of aromatic nitrogens is 1. The number of amides is 1. The fourth-order valence-corrected chi connectivity index (χ4v) is 3.80. The highest BCUT2D eigenvalue weighted by atomic mass is 16.5. The lowest BCUT2D eigenvalue weighted by molar-refractivity contribution is -0.123. The molecule has 0 saturated carbocycles. The van der Waals surface area contributed by atoms with Crippen molar-refractivity contribution in [2.75, 3.05) is 24.6 Å². The molecular weight excluding hydrogens is 374 g/mol. The van der Waals surface area contributed by atoms with Crippen molar-refractivity contribution in [1.82, 2.24) is 10.3 Å². The van der Waals surface area contributed by atoms with Crippen molar-refractivity contribution in [3.8, 4) is 5.75 Å². The Balaban J connectivity index is 1.42. The Labute approximate surface area is 178 Å². The zero-order chi connectivity index (χ0) is 20.8. The molecule has 2 aromatic carbocycles. The van der Waals surface area contributed by atoms with E-state index < -0.39 is 0 Å². The molecule has 1 aliphatic heterocycles. The van der Waals surface area contributed by atoms with E-state index in [1.165, 1.54) is 31.2 Å². The molecule has 4 rings (SSSR count). The van der Waals surface area contributed by atoms with E-state index in [2.05, 4.69) is 22.3 Å². The lowest BCUT2D eigenvalue weighted by Gasteiger charge is -2.22. The van der Waals surface area contributed by atoms with E-state index in [9.17, 15) is 4.79 Å². The third-order valence-electron chi connectivity index (χ3n) is 5.57. The van der Waals surface area contributed by atoms with Crippen LogP contribution in [-0.4, -0.2) is 30.6 Å². The van der Waals surface area contributed by atoms with Crippen LogP contribution >= 0.6 is 0 Å². The van der Waals surface area contributed by atoms with Crippen LogP contribution in [0.5, 0.6) is 5.75 Å². The van der Waals surface area contributed by atoms with Gasteiger partial charge >= 0.3 is 0 Å². The average Bonchev–Trinajstić information content (AvgIpc) is 3.06. The van der Waals surface area contributed by atoms with Crippen molar-refractivity contribution in [2.24, 2.45) is 0 Å². The number of anilines is 1. The van der Waals surface area contributed by atoms with Crippen LogP contribution in [0, 0.1) is 6.92 Å². The number of hydrogen-bond acceptors (Lipinski definition) is 4. The highest BCUT2D eigenvalue weighted by Crippen LogP contribution is 2.27. The fraction of sp³-hybridized carbons (Fsp3) is 0.360. The Morgan fingerprint density at radius 3 is 2.53 bits per heavy atom. The van der Waals surface area contributed by atoms with Crippen molar-refractivity contribution >= 4 is 22.6 Å². The molecular formula is C25H29N3O2. The lowest BCUT2D eigenvalue weighted by Crippen LogP contribution is -2.28. The summed E-state index contributed by atoms with van der Waals surface area (Å²) < 4.78 is 5.86. The van der Waals surface area contributed by atoms with Gasteiger partial charge in [0, 0.05) is 25.0 Å². The second-order valence-corrected chi connectivity index (χ2v) is 7.95. The first-order chi connectivity index (χ1) is 14.7. The number of benzene rings is 2. The maximum Gasteiger partial charge on any atom is 0.258 e. The summed E-state index contributed by atoms with van der Waals surface area (Å²) in [5, 5.41) is 3.93. The SMILES string of the molecule is Cc1ccc(CNC(=O)COc2cccc3ccc(N4CCCCCC4)nc23)cc1. The zero-order valence-corrected chi connectivity index (χ0v) is 17.6. The molecule has 1 amide bonds. The summed E-state index contributed by atoms with van der Waals surface area (Å²) >= 11 is 0. The molecule has 0 aliphatic carbocycles. The first-order valence-electron chi connectivity index (χ1n) is 10.8. The molecule has 0 atom stereocenters. The number of para-hydroxylation sites is 1. The smallest absolute Gasteiger partial charge is 0.258 e. The van der Waals surface area contributed by atoms with E-state index in [4.69, 9.17) is 9.72 Å². The molecule has 0 unspecified atom stereocenters. The highest BCUT2D eigenvalue weighted by Gasteiger charge is 2.13. The van der Waals surface area contributed by atoms with Gasteiger partial charge in [0.25, 0.3) is 5.91 Å². The zero-order valence-electron chi connectivity index (χ0n) is 17.6. The van der Waals surface area contributed by atoms with Gasteiger partial charge in [-0.15, -0.1) is 0 Å². The molecule has 0 spiro atoms. The van der Waals surface area contributed by atoms with Gasteiger partial charge in [-0.05, 0) is 43.5 Å². The van der Waals surface area contributed by atoms with Crippen LogP contribution in [0.3, 0.4) is 0 Å². The van der Waals surface area contributed by atoms with Gasteiger partial charge in [0.15, 0.2) is 6.61 Å². The molecule has 1 N–H and O–H groups in total. The number of nitrogens with zero attached hydrogens (tertiary/aromatic N) is 2. The van der Waals surface area contributed by atoms with Gasteiger partial charge in [-0.25, -0.2) is 4.98 Å². The minimum absolute atomic E-state index is 0.0272. The average molecular weight is 404 g/mol. The number of ether oxygens (including phenoxy) is 1. The number of hydrogen-bond donors (Lipinski definition) is 1. The molecule has 0 bridgehead atoms. The molecule has 1 fully saturated rings. The summed E-state index contributed by atoms with van der Waals surface area (Å²) in [7, 11) is 0. The molecule has 1 aromatic heterocycles. The van der Waals surface area contributed by atoms with Crippen LogP contribution < -0.4 is 15.0 Å². The van der Waals surface area contributed by atoms with Gasteiger partial charge < -0.3 is 15.0 Å². The van der Waals surface area contributed by atoms with Gasteiger partial charge in [0.1, 0.15) is 17.1 Å². The van der Waals surface area contributed by atoms with Gasteiger partial charge in [0.2, 0.25) is 0 Å². The van der Waals surface area contributed by atoms with Crippen molar-refractivity contribution in [2.45, 2.75) is 39.2 Å². The van der Waals surface area contributed by atoms with E-state index in [1.807, 2.05) is 49.4 Å². The Bertz CT molecular complexity index is 993. The van der Waals surface area contributed by atoms with E-state index in [0.717, 1.165) is 35.4 Å². The Morgan fingerprint density at radius 1 is 1.00 bits per heavy atom. The topological polar surface area (TPSA) is 54.5 Å². The quantitative estimate of drug-likeness (QED) is 0.653. The largest absolute Gasteiger partial charge is 0.481 e. The van der Waals surface area contributed by atoms with Gasteiger partial charge in [0.05, 0.1) is 0 Å². The summed E-state index contributed by atoms with van der Waals surface area (Å²) in [6, 6.07) is 18.2. The summed E-state index contributed by atoms with van der Waals surface area (Å²) in [6.07, 6.45) is 4.99. The summed E-state index contributed by atoms with van der Waals surface area (Å²) in [6.45, 7) is 4.61. The van der Waals surface area contributed by atoms with E-state index in [-0.39, 0.29) is 12.5 Å². The molecule has 1 aliphatic rings. The van der Waals surface area contributed by atoms with Crippen molar-refractivity contribution < 1.29 is 9.53 Å². The first kappa shape index (κ1) is 20.2. The van der Waals surface area contributed by atoms with E-state index >= 15 is 0 Å². The Hall–Kier alpha value is -3.08. The molecule has 5 heteroatoms. The van der Waals surface area contributed by atoms with Crippen LogP contribution in [0.15, 0.2) is 54.6 Å². The molecule has 1 saturated heterocycles. The molecule has 156 valence electrons. The Morgan fingerprint density at radius 2 is 1.77 bits per heavy atom. The minimum atomic E-state index is -0.142. The molecule has 3 aromatic rings. The summed E-state index contributed by atoms with van der Waals surface area (Å²) in [4.78, 5) is 19.5. The van der Waals surface area contributed by atoms with Gasteiger partial charge in [-0.2, -0.15) is 0 Å². The second kappa shape index (κ2) is 9.61. The number of pyridine rings is 1. The minimum Gasteiger partial charge on any atom is -0.481 e. The first-order valence-corrected chi connectivity index (χ1v) is 10.8. The van der Waals surface area contributed by atoms with Crippen LogP contribution in [-0.2, 0) is 11.3 Å². The van der Waals surface area contributed by atoms with Crippen molar-refractivity contribution in [1.29, 1.82) is 0 Å². The monoisotopic (exact) mass is 403 g/mol. The van der Waals surface area contributed by atoms with E-state index in [0.29, 0.717) is 12.3 Å². The number of carbonyl (C=O) groups excluding carboxylic acids is 1. The van der Waals surface area contributed by atoms with Crippen LogP contribution in [0.2, 0.25) is 0 Å². The number of aryl methyl sites for hydroxylation is 1. The van der Waals surface area contributed by atoms with E-state index in [1.54, 1.807) is 0 Å². The highest BCUT2D eigenvalue weighted by molar-refractivity contribution is 5.86. The molecule has 2 heterocycles. The number of rotatable bonds is 6. The predicted molar refractivity (Wildman–Crippen MR) is 121 cm³/mol. The third kappa shape index (κ3) is 5.09. The number of carbonyl (C=O) groups is 1. The number of fused-ring (bicyclic) bond motifs is 1. The third-order valence-corrected chi connectivity index (χ3v) is 5.57. The van der Waals surface area contributed by atoms with Gasteiger partial charge in [-0.3, -0.25) is 4.79 Å². The normalized spacial score (nSPS) is 14.4. The lowest BCUT2D eigenvalue weighted by atomic mass is 10.1. The molecule has 5 nitrogen and oxygen atoms in total. The second-order valence-electron chi connectivity index (χ2n) is 7.95. The predicted octanol–water partition coefficient (Wildman–Crippen LogP) is 4.62. The van der Waals surface area contributed by atoms with Crippen molar-refractivity contribution in [3.63, 3.8) is 0 Å². The summed E-state index contributed by atoms with van der Waals surface area (Å²) in [5.74, 6) is 1.50. The van der Waals surface area contributed by atoms with Crippen molar-refractivity contribution in [3.05, 3.63) is 65.7 Å². The van der Waals surface area contributed by atoms with Crippen LogP contribution in [0.25, 0.3) is 10.9 Å². The number of nitrogens with one attached hydrogen (secondary N) is 1. The van der Waals surface area contributed by atoms with Crippen LogP contribution in [0.4, 0.5) is 5.82 Å². The maximum atomic E-state index is 12.3. The van der Waals surface area contributed by atoms with Gasteiger partial charge in [-0.1, -0.05) is 54.8 Å².